The van der Waals surface area contributed by atoms with Gasteiger partial charge in [0.25, 0.3) is 0 Å². The van der Waals surface area contributed by atoms with Gasteiger partial charge < -0.3 is 5.32 Å². The van der Waals surface area contributed by atoms with E-state index in [9.17, 15) is 0 Å². The molecule has 2 rings (SSSR count). The largest absolute Gasteiger partial charge is 0.315 e. The van der Waals surface area contributed by atoms with Crippen LogP contribution in [0.2, 0.25) is 0 Å². The molecule has 18 heavy (non-hydrogen) atoms. The summed E-state index contributed by atoms with van der Waals surface area (Å²) >= 11 is 5.14. The van der Waals surface area contributed by atoms with Crippen LogP contribution in [0, 0.1) is 6.92 Å². The van der Waals surface area contributed by atoms with E-state index in [2.05, 4.69) is 57.4 Å². The molecule has 0 atom stereocenters. The van der Waals surface area contributed by atoms with Crippen LogP contribution in [-0.4, -0.2) is 9.97 Å². The number of aromatic nitrogens is 2. The minimum Gasteiger partial charge on any atom is -0.315 e. The third-order valence-corrected chi connectivity index (χ3v) is 4.34. The molecule has 0 aromatic carbocycles. The van der Waals surface area contributed by atoms with Crippen LogP contribution in [-0.2, 0) is 5.41 Å². The zero-order valence-corrected chi connectivity index (χ0v) is 13.3. The van der Waals surface area contributed by atoms with E-state index < -0.39 is 0 Å². The molecule has 96 valence electrons. The standard InChI is InChI=1S/C13H16BrN3S/c1-8-5-6-15-11(10(8)14)17-12-16-9(7-18-12)13(2,3)4/h5-7H,1-4H3,(H,15,16,17). The molecule has 0 spiro atoms. The molecule has 2 aromatic rings. The smallest absolute Gasteiger partial charge is 0.188 e. The summed E-state index contributed by atoms with van der Waals surface area (Å²) in [7, 11) is 0. The number of aryl methyl sites for hydroxylation is 1. The molecular formula is C13H16BrN3S. The second-order valence-corrected chi connectivity index (χ2v) is 6.85. The van der Waals surface area contributed by atoms with Crippen LogP contribution < -0.4 is 5.32 Å². The van der Waals surface area contributed by atoms with Crippen LogP contribution in [0.1, 0.15) is 32.0 Å². The summed E-state index contributed by atoms with van der Waals surface area (Å²) in [6.07, 6.45) is 1.79. The highest BCUT2D eigenvalue weighted by Crippen LogP contribution is 2.30. The highest BCUT2D eigenvalue weighted by molar-refractivity contribution is 9.10. The van der Waals surface area contributed by atoms with Crippen LogP contribution in [0.3, 0.4) is 0 Å². The van der Waals surface area contributed by atoms with E-state index in [1.807, 2.05) is 13.0 Å². The van der Waals surface area contributed by atoms with Crippen molar-refractivity contribution in [3.8, 4) is 0 Å². The third-order valence-electron chi connectivity index (χ3n) is 2.58. The molecule has 2 aromatic heterocycles. The highest BCUT2D eigenvalue weighted by atomic mass is 79.9. The lowest BCUT2D eigenvalue weighted by molar-refractivity contribution is 0.573. The van der Waals surface area contributed by atoms with Crippen LogP contribution in [0.15, 0.2) is 22.1 Å². The lowest BCUT2D eigenvalue weighted by Gasteiger charge is -2.14. The zero-order chi connectivity index (χ0) is 13.3. The molecule has 0 saturated heterocycles. The molecule has 2 heterocycles. The number of halogens is 1. The number of thiazole rings is 1. The van der Waals surface area contributed by atoms with Crippen LogP contribution in [0.4, 0.5) is 10.9 Å². The summed E-state index contributed by atoms with van der Waals surface area (Å²) in [5, 5.41) is 6.22. The number of pyridine rings is 1. The van der Waals surface area contributed by atoms with E-state index >= 15 is 0 Å². The number of rotatable bonds is 2. The molecule has 0 amide bonds. The maximum atomic E-state index is 4.59. The molecule has 0 fully saturated rings. The maximum Gasteiger partial charge on any atom is 0.188 e. The number of nitrogens with zero attached hydrogens (tertiary/aromatic N) is 2. The second kappa shape index (κ2) is 4.97. The lowest BCUT2D eigenvalue weighted by atomic mass is 9.93. The molecule has 0 aliphatic rings. The van der Waals surface area contributed by atoms with Crippen molar-refractivity contribution in [3.63, 3.8) is 0 Å². The van der Waals surface area contributed by atoms with E-state index in [0.29, 0.717) is 0 Å². The fraction of sp³-hybridized carbons (Fsp3) is 0.385. The van der Waals surface area contributed by atoms with Gasteiger partial charge in [0, 0.05) is 17.0 Å². The Hall–Kier alpha value is -0.940. The Morgan fingerprint density at radius 2 is 2.06 bits per heavy atom. The summed E-state index contributed by atoms with van der Waals surface area (Å²) < 4.78 is 0.984. The number of nitrogens with one attached hydrogen (secondary N) is 1. The Morgan fingerprint density at radius 1 is 1.33 bits per heavy atom. The van der Waals surface area contributed by atoms with E-state index in [1.54, 1.807) is 17.5 Å². The first kappa shape index (κ1) is 13.5. The van der Waals surface area contributed by atoms with Crippen molar-refractivity contribution < 1.29 is 0 Å². The van der Waals surface area contributed by atoms with Gasteiger partial charge in [-0.05, 0) is 34.5 Å². The Morgan fingerprint density at radius 3 is 2.67 bits per heavy atom. The first-order valence-corrected chi connectivity index (χ1v) is 7.39. The van der Waals surface area contributed by atoms with Crippen LogP contribution >= 0.6 is 27.3 Å². The predicted molar refractivity (Wildman–Crippen MR) is 80.8 cm³/mol. The van der Waals surface area contributed by atoms with Crippen LogP contribution in [0.5, 0.6) is 0 Å². The number of hydrogen-bond acceptors (Lipinski definition) is 4. The average molecular weight is 326 g/mol. The summed E-state index contributed by atoms with van der Waals surface area (Å²) in [4.78, 5) is 8.91. The first-order chi connectivity index (χ1) is 8.38. The van der Waals surface area contributed by atoms with Gasteiger partial charge in [-0.2, -0.15) is 0 Å². The molecule has 5 heteroatoms. The molecular weight excluding hydrogens is 310 g/mol. The summed E-state index contributed by atoms with van der Waals surface area (Å²) in [6, 6.07) is 1.97. The van der Waals surface area contributed by atoms with Gasteiger partial charge in [0.2, 0.25) is 0 Å². The molecule has 0 aliphatic heterocycles. The van der Waals surface area contributed by atoms with E-state index in [4.69, 9.17) is 0 Å². The van der Waals surface area contributed by atoms with Gasteiger partial charge in [0.1, 0.15) is 5.82 Å². The molecule has 1 N–H and O–H groups in total. The minimum atomic E-state index is 0.0771. The topological polar surface area (TPSA) is 37.8 Å². The normalized spacial score (nSPS) is 11.6. The van der Waals surface area contributed by atoms with Gasteiger partial charge in [-0.25, -0.2) is 9.97 Å². The predicted octanol–water partition coefficient (Wildman–Crippen LogP) is 4.65. The Balaban J connectivity index is 2.24. The number of anilines is 2. The van der Waals surface area contributed by atoms with Gasteiger partial charge in [0.15, 0.2) is 5.13 Å². The molecule has 0 saturated carbocycles. The maximum absolute atomic E-state index is 4.59. The second-order valence-electron chi connectivity index (χ2n) is 5.20. The molecule has 0 bridgehead atoms. The van der Waals surface area contributed by atoms with Gasteiger partial charge in [-0.15, -0.1) is 11.3 Å². The van der Waals surface area contributed by atoms with Gasteiger partial charge in [0.05, 0.1) is 10.2 Å². The van der Waals surface area contributed by atoms with E-state index in [0.717, 1.165) is 26.7 Å². The van der Waals surface area contributed by atoms with Crippen molar-refractivity contribution in [2.45, 2.75) is 33.1 Å². The first-order valence-electron chi connectivity index (χ1n) is 5.72. The third kappa shape index (κ3) is 2.90. The van der Waals surface area contributed by atoms with Crippen molar-refractivity contribution in [1.82, 2.24) is 9.97 Å². The minimum absolute atomic E-state index is 0.0771. The quantitative estimate of drug-likeness (QED) is 0.873. The van der Waals surface area contributed by atoms with Gasteiger partial charge >= 0.3 is 0 Å². The monoisotopic (exact) mass is 325 g/mol. The molecule has 3 nitrogen and oxygen atoms in total. The van der Waals surface area contributed by atoms with Crippen molar-refractivity contribution >= 4 is 38.2 Å². The Labute approximate surface area is 120 Å². The van der Waals surface area contributed by atoms with Crippen molar-refractivity contribution in [1.29, 1.82) is 0 Å². The van der Waals surface area contributed by atoms with Crippen molar-refractivity contribution in [2.24, 2.45) is 0 Å². The lowest BCUT2D eigenvalue weighted by Crippen LogP contribution is -2.11. The van der Waals surface area contributed by atoms with E-state index in [-0.39, 0.29) is 5.41 Å². The van der Waals surface area contributed by atoms with Gasteiger partial charge in [-0.3, -0.25) is 0 Å². The zero-order valence-electron chi connectivity index (χ0n) is 10.9. The van der Waals surface area contributed by atoms with E-state index in [1.165, 1.54) is 0 Å². The Bertz CT molecular complexity index is 558. The number of hydrogen-bond donors (Lipinski definition) is 1. The fourth-order valence-electron chi connectivity index (χ4n) is 1.40. The van der Waals surface area contributed by atoms with Gasteiger partial charge in [-0.1, -0.05) is 20.8 Å². The molecule has 0 radical (unpaired) electrons. The van der Waals surface area contributed by atoms with Crippen LogP contribution in [0.25, 0.3) is 0 Å². The highest BCUT2D eigenvalue weighted by Gasteiger charge is 2.17. The van der Waals surface area contributed by atoms with Crippen molar-refractivity contribution in [3.05, 3.63) is 33.4 Å². The summed E-state index contributed by atoms with van der Waals surface area (Å²) in [6.45, 7) is 8.52. The summed E-state index contributed by atoms with van der Waals surface area (Å²) in [5.41, 5.74) is 2.33. The Kier molecular flexibility index (Phi) is 3.73. The summed E-state index contributed by atoms with van der Waals surface area (Å²) in [5.74, 6) is 0.810. The SMILES string of the molecule is Cc1ccnc(Nc2nc(C(C)(C)C)cs2)c1Br. The molecule has 0 unspecified atom stereocenters. The van der Waals surface area contributed by atoms with Crippen molar-refractivity contribution in [2.75, 3.05) is 5.32 Å². The fourth-order valence-corrected chi connectivity index (χ4v) is 2.67. The molecule has 0 aliphatic carbocycles. The average Bonchev–Trinajstić information content (AvgIpc) is 2.73.